The molecule has 0 radical (unpaired) electrons. The molecule has 16 nitrogen and oxygen atoms in total. The van der Waals surface area contributed by atoms with Crippen molar-refractivity contribution in [1.29, 1.82) is 0 Å². The zero-order valence-corrected chi connectivity index (χ0v) is 18.8. The second-order valence-electron chi connectivity index (χ2n) is 7.57. The van der Waals surface area contributed by atoms with Crippen LogP contribution in [0.25, 0.3) is 11.2 Å². The number of ether oxygens (including phenoxy) is 4. The van der Waals surface area contributed by atoms with Crippen LogP contribution in [0.15, 0.2) is 6.33 Å². The molecule has 2 fully saturated rings. The third kappa shape index (κ3) is 4.77. The van der Waals surface area contributed by atoms with Gasteiger partial charge >= 0.3 is 13.6 Å². The first-order valence-corrected chi connectivity index (χ1v) is 12.0. The number of aliphatic hydroxyl groups is 2. The van der Waals surface area contributed by atoms with Crippen LogP contribution >= 0.6 is 7.60 Å². The van der Waals surface area contributed by atoms with Gasteiger partial charge < -0.3 is 44.7 Å². The fourth-order valence-electron chi connectivity index (χ4n) is 3.65. The zero-order chi connectivity index (χ0) is 24.6. The molecule has 1 unspecified atom stereocenters. The Balaban J connectivity index is 1.55. The van der Waals surface area contributed by atoms with E-state index in [0.717, 1.165) is 0 Å². The van der Waals surface area contributed by atoms with E-state index in [-0.39, 0.29) is 29.4 Å². The molecule has 2 aliphatic heterocycles. The molecular weight excluding hydrogens is 479 g/mol. The number of rotatable bonds is 8. The van der Waals surface area contributed by atoms with Gasteiger partial charge in [0.2, 0.25) is 0 Å². The highest BCUT2D eigenvalue weighted by molar-refractivity contribution is 7.53. The number of aromatic nitrogens is 4. The summed E-state index contributed by atoms with van der Waals surface area (Å²) in [7, 11) is -5.03. The predicted octanol–water partition coefficient (Wildman–Crippen LogP) is -2.27. The van der Waals surface area contributed by atoms with Crippen LogP contribution in [0.2, 0.25) is 0 Å². The number of carbonyl (C=O) groups is 1. The number of nitrogens with two attached hydrogens (primary N) is 1. The lowest BCUT2D eigenvalue weighted by atomic mass is 10.1. The topological polar surface area (TPSA) is 234 Å². The SMILES string of the molecule is CCOC(=O)[C@H](OC[C@H]1O[C@@H](n2cnc3c(N)nc(C4NCCO4)nc32)[C@H](O)[C@@H]1O)P(=O)(O)O. The summed E-state index contributed by atoms with van der Waals surface area (Å²) in [5, 5.41) is 24.1. The maximum atomic E-state index is 11.9. The molecule has 34 heavy (non-hydrogen) atoms. The zero-order valence-electron chi connectivity index (χ0n) is 17.9. The van der Waals surface area contributed by atoms with Gasteiger partial charge in [-0.3, -0.25) is 14.4 Å². The summed E-state index contributed by atoms with van der Waals surface area (Å²) in [5.74, 6) is -3.15. The Bertz CT molecular complexity index is 1090. The molecule has 4 heterocycles. The standard InChI is InChI=1S/C17H25N6O10P/c1-2-30-16(26)17(34(27,28)29)32-5-7-9(24)10(25)15(33-7)23-6-20-8-11(18)21-12(22-13(8)23)14-19-3-4-31-14/h6-7,9-10,14-15,17,19,24-25H,2-5H2,1H3,(H2,18,21,22)(H2,27,28,29)/t7-,9-,10-,14?,15-,17-/m1/s1. The highest BCUT2D eigenvalue weighted by atomic mass is 31.2. The van der Waals surface area contributed by atoms with E-state index in [1.165, 1.54) is 17.8 Å². The molecular formula is C17H25N6O10P. The van der Waals surface area contributed by atoms with Crippen molar-refractivity contribution in [2.75, 3.05) is 32.1 Å². The van der Waals surface area contributed by atoms with Crippen molar-refractivity contribution < 1.29 is 48.3 Å². The predicted molar refractivity (Wildman–Crippen MR) is 111 cm³/mol. The van der Waals surface area contributed by atoms with Crippen molar-refractivity contribution in [2.24, 2.45) is 0 Å². The normalized spacial score (nSPS) is 28.4. The van der Waals surface area contributed by atoms with Gasteiger partial charge in [0.25, 0.3) is 5.85 Å². The number of imidazole rings is 1. The molecule has 6 atom stereocenters. The Morgan fingerprint density at radius 2 is 2.15 bits per heavy atom. The van der Waals surface area contributed by atoms with Crippen LogP contribution in [0, 0.1) is 0 Å². The summed E-state index contributed by atoms with van der Waals surface area (Å²) < 4.78 is 33.8. The summed E-state index contributed by atoms with van der Waals surface area (Å²) in [4.78, 5) is 43.4. The van der Waals surface area contributed by atoms with E-state index in [9.17, 15) is 29.4 Å². The van der Waals surface area contributed by atoms with E-state index >= 15 is 0 Å². The highest BCUT2D eigenvalue weighted by Crippen LogP contribution is 2.43. The number of carbonyl (C=O) groups excluding carboxylic acids is 1. The summed E-state index contributed by atoms with van der Waals surface area (Å²) in [6.45, 7) is 1.78. The average molecular weight is 504 g/mol. The van der Waals surface area contributed by atoms with Crippen LogP contribution in [0.4, 0.5) is 5.82 Å². The van der Waals surface area contributed by atoms with E-state index in [0.29, 0.717) is 13.2 Å². The lowest BCUT2D eigenvalue weighted by Crippen LogP contribution is -2.36. The van der Waals surface area contributed by atoms with Crippen molar-refractivity contribution in [2.45, 2.75) is 43.5 Å². The van der Waals surface area contributed by atoms with Crippen molar-refractivity contribution in [3.63, 3.8) is 0 Å². The Labute approximate surface area is 192 Å². The largest absolute Gasteiger partial charge is 0.464 e. The minimum Gasteiger partial charge on any atom is -0.464 e. The van der Waals surface area contributed by atoms with E-state index in [1.807, 2.05) is 0 Å². The molecule has 2 aliphatic rings. The first-order chi connectivity index (χ1) is 16.1. The maximum Gasteiger partial charge on any atom is 0.365 e. The molecule has 0 bridgehead atoms. The second-order valence-corrected chi connectivity index (χ2v) is 9.22. The van der Waals surface area contributed by atoms with Crippen molar-refractivity contribution in [1.82, 2.24) is 24.8 Å². The summed E-state index contributed by atoms with van der Waals surface area (Å²) in [6, 6.07) is 0. The van der Waals surface area contributed by atoms with Crippen LogP contribution < -0.4 is 11.1 Å². The highest BCUT2D eigenvalue weighted by Gasteiger charge is 2.46. The number of nitrogens with zero attached hydrogens (tertiary/aromatic N) is 4. The summed E-state index contributed by atoms with van der Waals surface area (Å²) in [6.07, 6.45) is -4.76. The Morgan fingerprint density at radius 3 is 2.79 bits per heavy atom. The Morgan fingerprint density at radius 1 is 1.38 bits per heavy atom. The van der Waals surface area contributed by atoms with Gasteiger partial charge in [0, 0.05) is 6.54 Å². The lowest BCUT2D eigenvalue weighted by molar-refractivity contribution is -0.155. The first-order valence-electron chi connectivity index (χ1n) is 10.3. The number of nitrogens with one attached hydrogen (secondary N) is 1. The number of nitrogen functional groups attached to an aromatic ring is 1. The van der Waals surface area contributed by atoms with Crippen LogP contribution in [-0.4, -0.2) is 96.0 Å². The van der Waals surface area contributed by atoms with Gasteiger partial charge in [0.1, 0.15) is 23.8 Å². The van der Waals surface area contributed by atoms with Gasteiger partial charge in [-0.1, -0.05) is 0 Å². The summed E-state index contributed by atoms with van der Waals surface area (Å²) in [5.41, 5.74) is 6.44. The Hall–Kier alpha value is -2.27. The minimum atomic E-state index is -5.03. The fraction of sp³-hybridized carbons (Fsp3) is 0.647. The second kappa shape index (κ2) is 9.77. The molecule has 4 rings (SSSR count). The number of fused-ring (bicyclic) bond motifs is 1. The van der Waals surface area contributed by atoms with Crippen molar-refractivity contribution >= 4 is 30.5 Å². The molecule has 0 aliphatic carbocycles. The number of aliphatic hydroxyl groups excluding tert-OH is 2. The van der Waals surface area contributed by atoms with E-state index in [1.54, 1.807) is 0 Å². The first kappa shape index (κ1) is 24.8. The number of hydrogen-bond acceptors (Lipinski definition) is 13. The third-order valence-electron chi connectivity index (χ3n) is 5.24. The summed E-state index contributed by atoms with van der Waals surface area (Å²) >= 11 is 0. The van der Waals surface area contributed by atoms with Gasteiger partial charge in [0.15, 0.2) is 29.7 Å². The van der Waals surface area contributed by atoms with Gasteiger partial charge in [-0.25, -0.2) is 19.7 Å². The molecule has 2 aromatic heterocycles. The smallest absolute Gasteiger partial charge is 0.365 e. The molecule has 188 valence electrons. The van der Waals surface area contributed by atoms with Gasteiger partial charge in [0.05, 0.1) is 26.1 Å². The minimum absolute atomic E-state index is 0.0721. The van der Waals surface area contributed by atoms with Gasteiger partial charge in [-0.15, -0.1) is 0 Å². The van der Waals surface area contributed by atoms with Crippen LogP contribution in [-0.2, 0) is 28.3 Å². The van der Waals surface area contributed by atoms with Crippen molar-refractivity contribution in [3.05, 3.63) is 12.2 Å². The molecule has 7 N–H and O–H groups in total. The van der Waals surface area contributed by atoms with E-state index in [4.69, 9.17) is 19.9 Å². The third-order valence-corrected chi connectivity index (χ3v) is 6.21. The van der Waals surface area contributed by atoms with Gasteiger partial charge in [-0.2, -0.15) is 0 Å². The molecule has 0 spiro atoms. The molecule has 2 saturated heterocycles. The number of hydrogen-bond donors (Lipinski definition) is 6. The van der Waals surface area contributed by atoms with Crippen molar-refractivity contribution in [3.8, 4) is 0 Å². The van der Waals surface area contributed by atoms with Crippen LogP contribution in [0.5, 0.6) is 0 Å². The monoisotopic (exact) mass is 504 g/mol. The molecule has 0 amide bonds. The van der Waals surface area contributed by atoms with Gasteiger partial charge in [-0.05, 0) is 6.92 Å². The Kier molecular flexibility index (Phi) is 7.14. The van der Waals surface area contributed by atoms with Crippen LogP contribution in [0.3, 0.4) is 0 Å². The average Bonchev–Trinajstić information content (AvgIpc) is 3.49. The molecule has 17 heteroatoms. The molecule has 2 aromatic rings. The molecule has 0 saturated carbocycles. The maximum absolute atomic E-state index is 11.9. The lowest BCUT2D eigenvalue weighted by Gasteiger charge is -2.21. The number of esters is 1. The van der Waals surface area contributed by atoms with Crippen LogP contribution in [0.1, 0.15) is 25.2 Å². The molecule has 0 aromatic carbocycles. The van der Waals surface area contributed by atoms with E-state index in [2.05, 4.69) is 25.0 Å². The fourth-order valence-corrected chi connectivity index (χ4v) is 4.28. The quantitative estimate of drug-likeness (QED) is 0.164. The number of anilines is 1. The van der Waals surface area contributed by atoms with E-state index < -0.39 is 56.8 Å².